The molecule has 0 radical (unpaired) electrons. The van der Waals surface area contributed by atoms with E-state index in [-0.39, 0.29) is 0 Å². The molecule has 0 fully saturated rings. The van der Waals surface area contributed by atoms with Crippen molar-refractivity contribution in [3.8, 4) is 0 Å². The average Bonchev–Trinajstić information content (AvgIpc) is 2.42. The first kappa shape index (κ1) is 13.1. The van der Waals surface area contributed by atoms with Gasteiger partial charge in [0, 0.05) is 18.1 Å². The fourth-order valence-corrected chi connectivity index (χ4v) is 2.30. The highest BCUT2D eigenvalue weighted by Gasteiger charge is 1.98. The molecule has 1 aromatic heterocycles. The topological polar surface area (TPSA) is 37.8 Å². The molecule has 3 nitrogen and oxygen atoms in total. The number of nitrogens with one attached hydrogen (secondary N) is 1. The molecule has 1 heterocycles. The van der Waals surface area contributed by atoms with Crippen LogP contribution in [0.2, 0.25) is 0 Å². The largest absolute Gasteiger partial charge is 0.354 e. The number of benzene rings is 1. The van der Waals surface area contributed by atoms with Crippen molar-refractivity contribution in [3.63, 3.8) is 0 Å². The highest BCUT2D eigenvalue weighted by atomic mass is 32.2. The lowest BCUT2D eigenvalue weighted by molar-refractivity contribution is 0.746. The number of nitrogens with zero attached hydrogens (tertiary/aromatic N) is 2. The van der Waals surface area contributed by atoms with E-state index in [1.54, 1.807) is 0 Å². The maximum Gasteiger partial charge on any atom is 0.223 e. The SMILES string of the molecule is CSCCCCCNc1ncc2ccccc2n1. The summed E-state index contributed by atoms with van der Waals surface area (Å²) in [5.74, 6) is 1.99. The molecule has 0 saturated carbocycles. The predicted molar refractivity (Wildman–Crippen MR) is 80.3 cm³/mol. The quantitative estimate of drug-likeness (QED) is 0.773. The van der Waals surface area contributed by atoms with Crippen molar-refractivity contribution in [1.82, 2.24) is 9.97 Å². The first-order chi connectivity index (χ1) is 8.90. The van der Waals surface area contributed by atoms with Crippen LogP contribution in [-0.2, 0) is 0 Å². The minimum Gasteiger partial charge on any atom is -0.354 e. The van der Waals surface area contributed by atoms with Crippen molar-refractivity contribution in [2.75, 3.05) is 23.9 Å². The zero-order valence-corrected chi connectivity index (χ0v) is 11.5. The van der Waals surface area contributed by atoms with Gasteiger partial charge in [0.2, 0.25) is 5.95 Å². The summed E-state index contributed by atoms with van der Waals surface area (Å²) in [5.41, 5.74) is 0.998. The normalized spacial score (nSPS) is 10.7. The number of hydrogen-bond donors (Lipinski definition) is 1. The van der Waals surface area contributed by atoms with Crippen LogP contribution < -0.4 is 5.32 Å². The Kier molecular flexibility index (Phi) is 5.27. The second-order valence-corrected chi connectivity index (χ2v) is 5.22. The number of aromatic nitrogens is 2. The Labute approximate surface area is 112 Å². The van der Waals surface area contributed by atoms with E-state index >= 15 is 0 Å². The van der Waals surface area contributed by atoms with Gasteiger partial charge in [-0.25, -0.2) is 9.97 Å². The van der Waals surface area contributed by atoms with E-state index in [0.29, 0.717) is 0 Å². The van der Waals surface area contributed by atoms with Crippen molar-refractivity contribution in [1.29, 1.82) is 0 Å². The second-order valence-electron chi connectivity index (χ2n) is 4.23. The van der Waals surface area contributed by atoms with E-state index in [1.807, 2.05) is 42.2 Å². The number of hydrogen-bond acceptors (Lipinski definition) is 4. The van der Waals surface area contributed by atoms with Crippen LogP contribution in [0, 0.1) is 0 Å². The van der Waals surface area contributed by atoms with Crippen molar-refractivity contribution in [3.05, 3.63) is 30.5 Å². The predicted octanol–water partition coefficient (Wildman–Crippen LogP) is 3.58. The molecule has 0 aliphatic rings. The standard InChI is InChI=1S/C14H19N3S/c1-18-10-6-2-5-9-15-14-16-11-12-7-3-4-8-13(12)17-14/h3-4,7-8,11H,2,5-6,9-10H2,1H3,(H,15,16,17). The fraction of sp³-hybridized carbons (Fsp3) is 0.429. The average molecular weight is 261 g/mol. The van der Waals surface area contributed by atoms with Gasteiger partial charge in [-0.1, -0.05) is 24.6 Å². The van der Waals surface area contributed by atoms with E-state index < -0.39 is 0 Å². The highest BCUT2D eigenvalue weighted by molar-refractivity contribution is 7.98. The number of anilines is 1. The Morgan fingerprint density at radius 1 is 1.17 bits per heavy atom. The number of para-hydroxylation sites is 1. The molecule has 18 heavy (non-hydrogen) atoms. The Hall–Kier alpha value is -1.29. The van der Waals surface area contributed by atoms with Gasteiger partial charge in [-0.3, -0.25) is 0 Å². The monoisotopic (exact) mass is 261 g/mol. The zero-order valence-electron chi connectivity index (χ0n) is 10.7. The second kappa shape index (κ2) is 7.21. The highest BCUT2D eigenvalue weighted by Crippen LogP contribution is 2.11. The fourth-order valence-electron chi connectivity index (χ4n) is 1.81. The summed E-state index contributed by atoms with van der Waals surface area (Å²) in [7, 11) is 0. The van der Waals surface area contributed by atoms with E-state index in [2.05, 4.69) is 21.5 Å². The maximum atomic E-state index is 4.48. The minimum atomic E-state index is 0.735. The Morgan fingerprint density at radius 2 is 2.06 bits per heavy atom. The number of rotatable bonds is 7. The summed E-state index contributed by atoms with van der Waals surface area (Å²) in [4.78, 5) is 8.80. The molecule has 0 aliphatic heterocycles. The summed E-state index contributed by atoms with van der Waals surface area (Å²) in [6.07, 6.45) is 7.76. The summed E-state index contributed by atoms with van der Waals surface area (Å²) in [5, 5.41) is 4.37. The van der Waals surface area contributed by atoms with Gasteiger partial charge in [-0.2, -0.15) is 11.8 Å². The van der Waals surface area contributed by atoms with E-state index in [1.165, 1.54) is 25.0 Å². The summed E-state index contributed by atoms with van der Waals surface area (Å²) < 4.78 is 0. The molecule has 2 rings (SSSR count). The van der Waals surface area contributed by atoms with Crippen LogP contribution in [-0.4, -0.2) is 28.5 Å². The Morgan fingerprint density at radius 3 is 2.94 bits per heavy atom. The van der Waals surface area contributed by atoms with Crippen molar-refractivity contribution < 1.29 is 0 Å². The van der Waals surface area contributed by atoms with Crippen LogP contribution in [0.25, 0.3) is 10.9 Å². The summed E-state index contributed by atoms with van der Waals surface area (Å²) in [6.45, 7) is 0.951. The van der Waals surface area contributed by atoms with Crippen LogP contribution in [0.1, 0.15) is 19.3 Å². The molecule has 0 amide bonds. The van der Waals surface area contributed by atoms with Crippen LogP contribution >= 0.6 is 11.8 Å². The van der Waals surface area contributed by atoms with Gasteiger partial charge in [0.05, 0.1) is 5.52 Å². The Bertz CT molecular complexity index is 487. The molecule has 0 aliphatic carbocycles. The van der Waals surface area contributed by atoms with Crippen molar-refractivity contribution in [2.45, 2.75) is 19.3 Å². The van der Waals surface area contributed by atoms with Gasteiger partial charge < -0.3 is 5.32 Å². The van der Waals surface area contributed by atoms with Gasteiger partial charge in [0.15, 0.2) is 0 Å². The van der Waals surface area contributed by atoms with Crippen LogP contribution in [0.15, 0.2) is 30.5 Å². The smallest absolute Gasteiger partial charge is 0.223 e. The van der Waals surface area contributed by atoms with Crippen LogP contribution in [0.3, 0.4) is 0 Å². The number of fused-ring (bicyclic) bond motifs is 1. The summed E-state index contributed by atoms with van der Waals surface area (Å²) >= 11 is 1.91. The van der Waals surface area contributed by atoms with Gasteiger partial charge in [-0.15, -0.1) is 0 Å². The molecule has 4 heteroatoms. The summed E-state index contributed by atoms with van der Waals surface area (Å²) in [6, 6.07) is 8.05. The molecule has 2 aromatic rings. The third-order valence-corrected chi connectivity index (χ3v) is 3.49. The van der Waals surface area contributed by atoms with Gasteiger partial charge >= 0.3 is 0 Å². The first-order valence-corrected chi connectivity index (χ1v) is 7.74. The van der Waals surface area contributed by atoms with Crippen LogP contribution in [0.4, 0.5) is 5.95 Å². The first-order valence-electron chi connectivity index (χ1n) is 6.35. The Balaban J connectivity index is 1.81. The zero-order chi connectivity index (χ0) is 12.6. The minimum absolute atomic E-state index is 0.735. The molecule has 0 unspecified atom stereocenters. The van der Waals surface area contributed by atoms with Gasteiger partial charge in [-0.05, 0) is 30.9 Å². The lowest BCUT2D eigenvalue weighted by Crippen LogP contribution is -2.05. The molecule has 0 spiro atoms. The van der Waals surface area contributed by atoms with E-state index in [0.717, 1.165) is 23.4 Å². The molecular formula is C14H19N3S. The maximum absolute atomic E-state index is 4.48. The third kappa shape index (κ3) is 3.88. The number of thioether (sulfide) groups is 1. The molecule has 96 valence electrons. The molecular weight excluding hydrogens is 242 g/mol. The third-order valence-electron chi connectivity index (χ3n) is 2.80. The molecule has 0 atom stereocenters. The molecule has 0 bridgehead atoms. The van der Waals surface area contributed by atoms with Crippen molar-refractivity contribution in [2.24, 2.45) is 0 Å². The molecule has 1 N–H and O–H groups in total. The number of unbranched alkanes of at least 4 members (excludes halogenated alkanes) is 2. The van der Waals surface area contributed by atoms with E-state index in [9.17, 15) is 0 Å². The lowest BCUT2D eigenvalue weighted by atomic mass is 10.2. The molecule has 0 saturated heterocycles. The van der Waals surface area contributed by atoms with E-state index in [4.69, 9.17) is 0 Å². The van der Waals surface area contributed by atoms with Crippen LogP contribution in [0.5, 0.6) is 0 Å². The van der Waals surface area contributed by atoms with Gasteiger partial charge in [0.25, 0.3) is 0 Å². The van der Waals surface area contributed by atoms with Gasteiger partial charge in [0.1, 0.15) is 0 Å². The van der Waals surface area contributed by atoms with Crippen molar-refractivity contribution >= 4 is 28.6 Å². The molecule has 1 aromatic carbocycles. The lowest BCUT2D eigenvalue weighted by Gasteiger charge is -2.05.